The molecule has 1 aromatic carbocycles. The molecule has 0 radical (unpaired) electrons. The second-order valence-electron chi connectivity index (χ2n) is 4.29. The van der Waals surface area contributed by atoms with Crippen LogP contribution in [0.25, 0.3) is 0 Å². The van der Waals surface area contributed by atoms with Crippen molar-refractivity contribution in [3.8, 4) is 0 Å². The Hall–Kier alpha value is -2.23. The van der Waals surface area contributed by atoms with Crippen molar-refractivity contribution in [2.45, 2.75) is 13.3 Å². The van der Waals surface area contributed by atoms with E-state index < -0.39 is 0 Å². The van der Waals surface area contributed by atoms with Crippen LogP contribution in [-0.4, -0.2) is 17.4 Å². The van der Waals surface area contributed by atoms with Crippen LogP contribution in [0, 0.1) is 12.7 Å². The summed E-state index contributed by atoms with van der Waals surface area (Å²) in [5, 5.41) is 2.78. The normalized spacial score (nSPS) is 10.2. The summed E-state index contributed by atoms with van der Waals surface area (Å²) in [6.45, 7) is 2.24. The van der Waals surface area contributed by atoms with Crippen LogP contribution in [-0.2, 0) is 6.42 Å². The lowest BCUT2D eigenvalue weighted by Crippen LogP contribution is -2.26. The highest BCUT2D eigenvalue weighted by Crippen LogP contribution is 2.07. The monoisotopic (exact) mass is 258 g/mol. The van der Waals surface area contributed by atoms with E-state index in [0.717, 1.165) is 5.56 Å². The van der Waals surface area contributed by atoms with Crippen molar-refractivity contribution in [1.29, 1.82) is 0 Å². The summed E-state index contributed by atoms with van der Waals surface area (Å²) < 4.78 is 13.4. The largest absolute Gasteiger partial charge is 0.352 e. The molecule has 1 amide bonds. The minimum atomic E-state index is -0.239. The first-order valence-corrected chi connectivity index (χ1v) is 6.10. The molecular formula is C15H15FN2O. The smallest absolute Gasteiger partial charge is 0.251 e. The number of hydrogen-bond acceptors (Lipinski definition) is 2. The average Bonchev–Trinajstić information content (AvgIpc) is 2.41. The van der Waals surface area contributed by atoms with Gasteiger partial charge in [-0.25, -0.2) is 4.39 Å². The molecule has 3 nitrogen and oxygen atoms in total. The second kappa shape index (κ2) is 6.09. The number of carbonyl (C=O) groups excluding carboxylic acids is 1. The second-order valence-corrected chi connectivity index (χ2v) is 4.29. The lowest BCUT2D eigenvalue weighted by molar-refractivity contribution is 0.0953. The number of carbonyl (C=O) groups is 1. The van der Waals surface area contributed by atoms with Crippen LogP contribution in [0.2, 0.25) is 0 Å². The molecule has 19 heavy (non-hydrogen) atoms. The van der Waals surface area contributed by atoms with Gasteiger partial charge in [0, 0.05) is 24.5 Å². The number of halogens is 1. The number of nitrogens with one attached hydrogen (secondary N) is 1. The van der Waals surface area contributed by atoms with Gasteiger partial charge in [0.1, 0.15) is 5.82 Å². The van der Waals surface area contributed by atoms with E-state index in [-0.39, 0.29) is 11.7 Å². The van der Waals surface area contributed by atoms with Gasteiger partial charge in [-0.1, -0.05) is 18.2 Å². The van der Waals surface area contributed by atoms with Crippen molar-refractivity contribution in [3.63, 3.8) is 0 Å². The molecule has 1 heterocycles. The van der Waals surface area contributed by atoms with Crippen LogP contribution < -0.4 is 5.32 Å². The third-order valence-corrected chi connectivity index (χ3v) is 2.90. The summed E-state index contributed by atoms with van der Waals surface area (Å²) in [5.74, 6) is -0.395. The molecular weight excluding hydrogens is 243 g/mol. The molecule has 1 N–H and O–H groups in total. The molecule has 1 aromatic heterocycles. The number of rotatable bonds is 4. The van der Waals surface area contributed by atoms with E-state index in [4.69, 9.17) is 0 Å². The zero-order chi connectivity index (χ0) is 13.7. The van der Waals surface area contributed by atoms with Crippen molar-refractivity contribution in [3.05, 3.63) is 65.2 Å². The summed E-state index contributed by atoms with van der Waals surface area (Å²) in [4.78, 5) is 15.8. The number of aromatic nitrogens is 1. The molecule has 0 spiro atoms. The number of benzene rings is 1. The molecule has 0 saturated heterocycles. The Kier molecular flexibility index (Phi) is 4.23. The van der Waals surface area contributed by atoms with Crippen molar-refractivity contribution < 1.29 is 9.18 Å². The fourth-order valence-electron chi connectivity index (χ4n) is 1.84. The van der Waals surface area contributed by atoms with Crippen molar-refractivity contribution >= 4 is 5.91 Å². The fourth-order valence-corrected chi connectivity index (χ4v) is 1.84. The number of amides is 1. The van der Waals surface area contributed by atoms with E-state index in [0.29, 0.717) is 24.1 Å². The van der Waals surface area contributed by atoms with Gasteiger partial charge in [-0.05, 0) is 36.6 Å². The Morgan fingerprint density at radius 3 is 2.84 bits per heavy atom. The Morgan fingerprint density at radius 1 is 1.32 bits per heavy atom. The van der Waals surface area contributed by atoms with Crippen LogP contribution in [0.4, 0.5) is 4.39 Å². The maximum Gasteiger partial charge on any atom is 0.251 e. The third kappa shape index (κ3) is 3.37. The topological polar surface area (TPSA) is 42.0 Å². The Labute approximate surface area is 111 Å². The first-order valence-electron chi connectivity index (χ1n) is 6.10. The Balaban J connectivity index is 1.92. The van der Waals surface area contributed by atoms with E-state index >= 15 is 0 Å². The van der Waals surface area contributed by atoms with Gasteiger partial charge in [0.25, 0.3) is 5.91 Å². The van der Waals surface area contributed by atoms with Crippen molar-refractivity contribution in [2.75, 3.05) is 6.54 Å². The molecule has 0 unspecified atom stereocenters. The van der Waals surface area contributed by atoms with Crippen LogP contribution in [0.5, 0.6) is 0 Å². The first-order chi connectivity index (χ1) is 9.18. The number of aryl methyl sites for hydroxylation is 1. The molecule has 98 valence electrons. The minimum Gasteiger partial charge on any atom is -0.352 e. The molecule has 0 atom stereocenters. The maximum absolute atomic E-state index is 13.4. The van der Waals surface area contributed by atoms with Crippen LogP contribution in [0.1, 0.15) is 21.5 Å². The number of pyridine rings is 1. The summed E-state index contributed by atoms with van der Waals surface area (Å²) >= 11 is 0. The fraction of sp³-hybridized carbons (Fsp3) is 0.200. The van der Waals surface area contributed by atoms with Gasteiger partial charge in [-0.15, -0.1) is 0 Å². The number of hydrogen-bond donors (Lipinski definition) is 1. The lowest BCUT2D eigenvalue weighted by Gasteiger charge is -2.07. The number of nitrogens with zero attached hydrogens (tertiary/aromatic N) is 1. The van der Waals surface area contributed by atoms with Gasteiger partial charge in [0.05, 0.1) is 0 Å². The summed E-state index contributed by atoms with van der Waals surface area (Å²) in [5.41, 5.74) is 2.03. The van der Waals surface area contributed by atoms with Gasteiger partial charge in [0.2, 0.25) is 0 Å². The zero-order valence-electron chi connectivity index (χ0n) is 10.7. The SMILES string of the molecule is Cc1cnccc1C(=O)NCCc1ccccc1F. The van der Waals surface area contributed by atoms with E-state index in [2.05, 4.69) is 10.3 Å². The average molecular weight is 258 g/mol. The highest BCUT2D eigenvalue weighted by Gasteiger charge is 2.08. The maximum atomic E-state index is 13.4. The standard InChI is InChI=1S/C15H15FN2O/c1-11-10-17-8-7-13(11)15(19)18-9-6-12-4-2-3-5-14(12)16/h2-5,7-8,10H,6,9H2,1H3,(H,18,19). The molecule has 0 fully saturated rings. The molecule has 0 aliphatic heterocycles. The molecule has 2 aromatic rings. The highest BCUT2D eigenvalue weighted by molar-refractivity contribution is 5.95. The molecule has 4 heteroatoms. The first kappa shape index (κ1) is 13.2. The molecule has 0 aliphatic carbocycles. The molecule has 0 saturated carbocycles. The van der Waals surface area contributed by atoms with Gasteiger partial charge >= 0.3 is 0 Å². The van der Waals surface area contributed by atoms with Crippen LogP contribution >= 0.6 is 0 Å². The van der Waals surface area contributed by atoms with Crippen molar-refractivity contribution in [1.82, 2.24) is 10.3 Å². The van der Waals surface area contributed by atoms with E-state index in [1.54, 1.807) is 36.7 Å². The lowest BCUT2D eigenvalue weighted by atomic mass is 10.1. The summed E-state index contributed by atoms with van der Waals surface area (Å²) in [6.07, 6.45) is 3.70. The van der Waals surface area contributed by atoms with Gasteiger partial charge in [-0.2, -0.15) is 0 Å². The Bertz CT molecular complexity index is 584. The third-order valence-electron chi connectivity index (χ3n) is 2.90. The quantitative estimate of drug-likeness (QED) is 0.915. The minimum absolute atomic E-state index is 0.156. The summed E-state index contributed by atoms with van der Waals surface area (Å²) in [7, 11) is 0. The molecule has 2 rings (SSSR count). The molecule has 0 bridgehead atoms. The van der Waals surface area contributed by atoms with Gasteiger partial charge < -0.3 is 5.32 Å². The van der Waals surface area contributed by atoms with Crippen LogP contribution in [0.15, 0.2) is 42.7 Å². The predicted molar refractivity (Wildman–Crippen MR) is 71.4 cm³/mol. The highest BCUT2D eigenvalue weighted by atomic mass is 19.1. The van der Waals surface area contributed by atoms with Gasteiger partial charge in [0.15, 0.2) is 0 Å². The van der Waals surface area contributed by atoms with Crippen molar-refractivity contribution in [2.24, 2.45) is 0 Å². The predicted octanol–water partition coefficient (Wildman–Crippen LogP) is 2.50. The van der Waals surface area contributed by atoms with Crippen LogP contribution in [0.3, 0.4) is 0 Å². The molecule has 0 aliphatic rings. The zero-order valence-corrected chi connectivity index (χ0v) is 10.7. The Morgan fingerprint density at radius 2 is 2.11 bits per heavy atom. The van der Waals surface area contributed by atoms with E-state index in [9.17, 15) is 9.18 Å². The summed E-state index contributed by atoms with van der Waals surface area (Å²) in [6, 6.07) is 8.25. The van der Waals surface area contributed by atoms with E-state index in [1.807, 2.05) is 6.92 Å². The van der Waals surface area contributed by atoms with E-state index in [1.165, 1.54) is 6.07 Å². The van der Waals surface area contributed by atoms with Gasteiger partial charge in [-0.3, -0.25) is 9.78 Å².